The van der Waals surface area contributed by atoms with Gasteiger partial charge in [-0.15, -0.1) is 0 Å². The SMILES string of the molecule is CC/C=C\C/C=C\C/C=C\C/C=C\CCCCCCC(=O)OCC(COP(=O)(O)OCC(O)COP(=O)(O)OCC(COC(=O)CCCCCCCCCCCCCCC)OC(=O)CCCCCCCCCCCCCCC)OC(=O)CCCCCCC/C=C\C/C=C\CCCCC. The van der Waals surface area contributed by atoms with Crippen LogP contribution in [0.15, 0.2) is 72.9 Å². The van der Waals surface area contributed by atoms with E-state index in [4.69, 9.17) is 37.0 Å². The van der Waals surface area contributed by atoms with Gasteiger partial charge in [0.25, 0.3) is 0 Å². The summed E-state index contributed by atoms with van der Waals surface area (Å²) in [6, 6.07) is 0. The summed E-state index contributed by atoms with van der Waals surface area (Å²) >= 11 is 0. The number of ether oxygens (including phenoxy) is 4. The van der Waals surface area contributed by atoms with Gasteiger partial charge in [-0.1, -0.05) is 300 Å². The lowest BCUT2D eigenvalue weighted by molar-refractivity contribution is -0.161. The third-order valence-corrected chi connectivity index (χ3v) is 18.6. The van der Waals surface area contributed by atoms with Crippen molar-refractivity contribution in [3.05, 3.63) is 72.9 Å². The van der Waals surface area contributed by atoms with Crippen LogP contribution >= 0.6 is 15.6 Å². The number of phosphoric ester groups is 2. The van der Waals surface area contributed by atoms with Crippen molar-refractivity contribution in [2.75, 3.05) is 39.6 Å². The summed E-state index contributed by atoms with van der Waals surface area (Å²) in [5, 5.41) is 10.6. The molecular formula is C79H142O17P2. The van der Waals surface area contributed by atoms with E-state index in [1.807, 2.05) is 0 Å². The first-order valence-electron chi connectivity index (χ1n) is 39.2. The van der Waals surface area contributed by atoms with Gasteiger partial charge in [-0.3, -0.25) is 37.3 Å². The molecule has 5 unspecified atom stereocenters. The van der Waals surface area contributed by atoms with Gasteiger partial charge in [-0.2, -0.15) is 0 Å². The van der Waals surface area contributed by atoms with E-state index in [0.29, 0.717) is 25.7 Å². The van der Waals surface area contributed by atoms with Crippen LogP contribution in [-0.4, -0.2) is 96.7 Å². The predicted octanol–water partition coefficient (Wildman–Crippen LogP) is 22.4. The number of phosphoric acid groups is 2. The molecule has 0 saturated carbocycles. The Hall–Kier alpha value is -3.50. The van der Waals surface area contributed by atoms with E-state index >= 15 is 0 Å². The highest BCUT2D eigenvalue weighted by Crippen LogP contribution is 2.45. The number of unbranched alkanes of at least 4 members (excludes halogenated alkanes) is 36. The standard InChI is InChI=1S/C79H142O17P2/c1-5-9-13-17-21-25-29-33-35-36-38-41-44-48-52-56-60-64-77(82)90-70-75(96-79(84)66-62-58-54-50-46-42-37-34-30-26-22-18-14-10-6-2)72-94-98(87,88)92-68-73(80)67-91-97(85,86)93-71-74(95-78(83)65-61-57-53-49-45-40-32-28-24-20-16-12-8-4)69-89-76(81)63-59-55-51-47-43-39-31-27-23-19-15-11-7-3/h9,13,21-22,25-26,33-35,37-38,41,73-75,80H,5-8,10-12,14-20,23-24,27-32,36,39-40,42-72H2,1-4H3,(H,85,86)(H,87,88)/b13-9-,25-21-,26-22-,35-33-,37-34-,41-38-. The highest BCUT2D eigenvalue weighted by Gasteiger charge is 2.30. The number of hydrogen-bond acceptors (Lipinski definition) is 15. The number of hydrogen-bond donors (Lipinski definition) is 3. The maximum atomic E-state index is 13.1. The van der Waals surface area contributed by atoms with Gasteiger partial charge in [0.2, 0.25) is 0 Å². The van der Waals surface area contributed by atoms with Crippen LogP contribution in [0.2, 0.25) is 0 Å². The van der Waals surface area contributed by atoms with Crippen molar-refractivity contribution >= 4 is 39.5 Å². The fourth-order valence-electron chi connectivity index (χ4n) is 10.7. The van der Waals surface area contributed by atoms with E-state index in [9.17, 15) is 43.2 Å². The molecule has 0 saturated heterocycles. The minimum atomic E-state index is -4.98. The van der Waals surface area contributed by atoms with E-state index in [1.165, 1.54) is 128 Å². The Morgan fingerprint density at radius 1 is 0.296 bits per heavy atom. The van der Waals surface area contributed by atoms with Crippen molar-refractivity contribution in [3.8, 4) is 0 Å². The molecule has 0 aliphatic rings. The van der Waals surface area contributed by atoms with Gasteiger partial charge in [0.05, 0.1) is 26.4 Å². The van der Waals surface area contributed by atoms with Crippen LogP contribution in [0, 0.1) is 0 Å². The van der Waals surface area contributed by atoms with Crippen LogP contribution in [0.4, 0.5) is 0 Å². The number of aliphatic hydroxyl groups is 1. The minimum Gasteiger partial charge on any atom is -0.462 e. The Balaban J connectivity index is 5.35. The average Bonchev–Trinajstić information content (AvgIpc) is 1.05. The molecule has 0 radical (unpaired) electrons. The third-order valence-electron chi connectivity index (χ3n) is 16.7. The zero-order valence-corrected chi connectivity index (χ0v) is 64.0. The van der Waals surface area contributed by atoms with Gasteiger partial charge < -0.3 is 33.8 Å². The van der Waals surface area contributed by atoms with Crippen LogP contribution in [0.5, 0.6) is 0 Å². The summed E-state index contributed by atoms with van der Waals surface area (Å²) in [5.41, 5.74) is 0. The molecule has 3 N–H and O–H groups in total. The molecule has 0 amide bonds. The normalized spacial score (nSPS) is 14.3. The van der Waals surface area contributed by atoms with E-state index in [0.717, 1.165) is 141 Å². The summed E-state index contributed by atoms with van der Waals surface area (Å²) in [5.74, 6) is -2.19. The second-order valence-corrected chi connectivity index (χ2v) is 29.2. The number of rotatable bonds is 74. The van der Waals surface area contributed by atoms with Crippen molar-refractivity contribution in [1.29, 1.82) is 0 Å². The highest BCUT2D eigenvalue weighted by atomic mass is 31.2. The van der Waals surface area contributed by atoms with Crippen molar-refractivity contribution in [2.45, 2.75) is 367 Å². The third kappa shape index (κ3) is 70.9. The zero-order chi connectivity index (χ0) is 71.8. The molecule has 5 atom stereocenters. The number of allylic oxidation sites excluding steroid dienone is 12. The monoisotopic (exact) mass is 1420 g/mol. The summed E-state index contributed by atoms with van der Waals surface area (Å²) in [6.45, 7) is 4.75. The van der Waals surface area contributed by atoms with Crippen molar-refractivity contribution in [2.24, 2.45) is 0 Å². The molecule has 17 nitrogen and oxygen atoms in total. The largest absolute Gasteiger partial charge is 0.472 e. The maximum Gasteiger partial charge on any atom is 0.472 e. The van der Waals surface area contributed by atoms with Crippen LogP contribution in [0.1, 0.15) is 349 Å². The smallest absolute Gasteiger partial charge is 0.462 e. The molecule has 0 bridgehead atoms. The number of esters is 4. The molecule has 0 heterocycles. The number of aliphatic hydroxyl groups excluding tert-OH is 1. The fourth-order valence-corrected chi connectivity index (χ4v) is 12.3. The van der Waals surface area contributed by atoms with Gasteiger partial charge in [-0.05, 0) is 96.3 Å². The number of carbonyl (C=O) groups is 4. The minimum absolute atomic E-state index is 0.0755. The fraction of sp³-hybridized carbons (Fsp3) is 0.797. The number of carbonyl (C=O) groups excluding carboxylic acids is 4. The quantitative estimate of drug-likeness (QED) is 0.0169. The summed E-state index contributed by atoms with van der Waals surface area (Å²) in [4.78, 5) is 72.9. The lowest BCUT2D eigenvalue weighted by Crippen LogP contribution is -2.30. The molecular weight excluding hydrogens is 1280 g/mol. The van der Waals surface area contributed by atoms with E-state index in [2.05, 4.69) is 101 Å². The Labute approximate surface area is 596 Å². The Morgan fingerprint density at radius 3 is 0.837 bits per heavy atom. The lowest BCUT2D eigenvalue weighted by Gasteiger charge is -2.21. The molecule has 0 aromatic heterocycles. The zero-order valence-electron chi connectivity index (χ0n) is 62.2. The van der Waals surface area contributed by atoms with Crippen LogP contribution < -0.4 is 0 Å². The molecule has 0 aromatic rings. The van der Waals surface area contributed by atoms with E-state index in [1.54, 1.807) is 0 Å². The van der Waals surface area contributed by atoms with Gasteiger partial charge in [0.15, 0.2) is 12.2 Å². The summed E-state index contributed by atoms with van der Waals surface area (Å²) in [7, 11) is -9.95. The highest BCUT2D eigenvalue weighted by molar-refractivity contribution is 7.47. The van der Waals surface area contributed by atoms with Crippen molar-refractivity contribution in [1.82, 2.24) is 0 Å². The topological polar surface area (TPSA) is 237 Å². The van der Waals surface area contributed by atoms with Crippen molar-refractivity contribution in [3.63, 3.8) is 0 Å². The first kappa shape index (κ1) is 94.5. The summed E-state index contributed by atoms with van der Waals surface area (Å²) in [6.07, 6.45) is 71.6. The van der Waals surface area contributed by atoms with E-state index < -0.39 is 97.5 Å². The van der Waals surface area contributed by atoms with Crippen molar-refractivity contribution < 1.29 is 80.2 Å². The molecule has 0 aromatic carbocycles. The molecule has 98 heavy (non-hydrogen) atoms. The maximum absolute atomic E-state index is 13.1. The Bertz CT molecular complexity index is 2140. The lowest BCUT2D eigenvalue weighted by atomic mass is 10.0. The second kappa shape index (κ2) is 71.9. The summed E-state index contributed by atoms with van der Waals surface area (Å²) < 4.78 is 68.5. The predicted molar refractivity (Wildman–Crippen MR) is 400 cm³/mol. The van der Waals surface area contributed by atoms with E-state index in [-0.39, 0.29) is 25.7 Å². The Kier molecular flexibility index (Phi) is 69.3. The van der Waals surface area contributed by atoms with Gasteiger partial charge in [0.1, 0.15) is 19.3 Å². The molecule has 0 spiro atoms. The van der Waals surface area contributed by atoms with Crippen LogP contribution in [0.3, 0.4) is 0 Å². The molecule has 0 rings (SSSR count). The molecule has 570 valence electrons. The van der Waals surface area contributed by atoms with Gasteiger partial charge >= 0.3 is 39.5 Å². The van der Waals surface area contributed by atoms with Gasteiger partial charge in [0, 0.05) is 25.7 Å². The second-order valence-electron chi connectivity index (χ2n) is 26.3. The molecule has 19 heteroatoms. The van der Waals surface area contributed by atoms with Crippen LogP contribution in [-0.2, 0) is 65.4 Å². The first-order valence-corrected chi connectivity index (χ1v) is 42.2. The Morgan fingerprint density at radius 2 is 0.531 bits per heavy atom. The molecule has 0 aliphatic carbocycles. The molecule has 0 aliphatic heterocycles. The van der Waals surface area contributed by atoms with Crippen LogP contribution in [0.25, 0.3) is 0 Å². The average molecular weight is 1430 g/mol. The molecule has 0 fully saturated rings. The first-order chi connectivity index (χ1) is 47.7. The van der Waals surface area contributed by atoms with Gasteiger partial charge in [-0.25, -0.2) is 9.13 Å².